The average Bonchev–Trinajstić information content (AvgIpc) is 2.37. The molecule has 7 nitrogen and oxygen atoms in total. The van der Waals surface area contributed by atoms with Gasteiger partial charge in [-0.3, -0.25) is 4.99 Å². The van der Waals surface area contributed by atoms with Crippen molar-refractivity contribution >= 4 is 16.0 Å². The fourth-order valence-electron chi connectivity index (χ4n) is 1.83. The first-order valence-corrected chi connectivity index (χ1v) is 9.68. The van der Waals surface area contributed by atoms with Crippen LogP contribution in [0, 0.1) is 0 Å². The topological polar surface area (TPSA) is 91.8 Å². The van der Waals surface area contributed by atoms with Crippen LogP contribution in [0.2, 0.25) is 0 Å². The molecule has 0 aromatic rings. The first kappa shape index (κ1) is 21.1. The highest BCUT2D eigenvalue weighted by Crippen LogP contribution is 2.04. The summed E-state index contributed by atoms with van der Waals surface area (Å²) in [4.78, 5) is 4.44. The Kier molecular flexibility index (Phi) is 10.4. The van der Waals surface area contributed by atoms with Crippen LogP contribution in [0.25, 0.3) is 0 Å². The average molecular weight is 337 g/mol. The minimum Gasteiger partial charge on any atom is -0.382 e. The summed E-state index contributed by atoms with van der Waals surface area (Å²) < 4.78 is 30.5. The van der Waals surface area contributed by atoms with E-state index in [1.165, 1.54) is 0 Å². The zero-order valence-corrected chi connectivity index (χ0v) is 15.3. The summed E-state index contributed by atoms with van der Waals surface area (Å²) in [6.07, 6.45) is 3.15. The Labute approximate surface area is 135 Å². The largest absolute Gasteiger partial charge is 0.382 e. The van der Waals surface area contributed by atoms with Crippen molar-refractivity contribution in [3.63, 3.8) is 0 Å². The maximum Gasteiger partial charge on any atom is 0.209 e. The lowest BCUT2D eigenvalue weighted by molar-refractivity contribution is 0.143. The molecular formula is C14H32N4O3S. The van der Waals surface area contributed by atoms with Crippen molar-refractivity contribution in [3.8, 4) is 0 Å². The highest BCUT2D eigenvalue weighted by molar-refractivity contribution is 7.88. The minimum atomic E-state index is -3.25. The van der Waals surface area contributed by atoms with Crippen LogP contribution in [-0.4, -0.2) is 59.0 Å². The maximum absolute atomic E-state index is 11.3. The summed E-state index contributed by atoms with van der Waals surface area (Å²) in [6.45, 7) is 11.0. The van der Waals surface area contributed by atoms with Crippen molar-refractivity contribution in [1.82, 2.24) is 15.4 Å². The number of rotatable bonds is 11. The summed E-state index contributed by atoms with van der Waals surface area (Å²) in [5, 5.41) is 6.39. The number of hydrogen-bond donors (Lipinski definition) is 3. The van der Waals surface area contributed by atoms with Crippen molar-refractivity contribution in [2.75, 3.05) is 39.1 Å². The van der Waals surface area contributed by atoms with Gasteiger partial charge in [0.1, 0.15) is 0 Å². The predicted octanol–water partition coefficient (Wildman–Crippen LogP) is 0.686. The summed E-state index contributed by atoms with van der Waals surface area (Å²) in [5.74, 6) is 0.697. The van der Waals surface area contributed by atoms with Gasteiger partial charge >= 0.3 is 0 Å². The minimum absolute atomic E-state index is 0.356. The molecule has 0 saturated heterocycles. The van der Waals surface area contributed by atoms with Gasteiger partial charge in [-0.25, -0.2) is 13.1 Å². The number of nitrogens with one attached hydrogen (secondary N) is 3. The monoisotopic (exact) mass is 336 g/mol. The molecule has 0 aliphatic carbocycles. The third-order valence-electron chi connectivity index (χ3n) is 2.65. The zero-order valence-electron chi connectivity index (χ0n) is 14.5. The molecule has 0 aliphatic rings. The second kappa shape index (κ2) is 10.8. The molecule has 0 atom stereocenters. The van der Waals surface area contributed by atoms with E-state index in [0.29, 0.717) is 12.5 Å². The van der Waals surface area contributed by atoms with Gasteiger partial charge in [0.05, 0.1) is 12.8 Å². The van der Waals surface area contributed by atoms with Gasteiger partial charge in [-0.05, 0) is 40.5 Å². The summed E-state index contributed by atoms with van der Waals surface area (Å²) in [5.41, 5.74) is -0.620. The molecule has 0 aromatic heterocycles. The molecule has 0 fully saturated rings. The number of aliphatic imine (C=N–C) groups is 1. The molecule has 0 heterocycles. The number of guanidine groups is 1. The number of ether oxygens (including phenoxy) is 1. The Morgan fingerprint density at radius 1 is 1.18 bits per heavy atom. The number of unbranched alkanes of at least 4 members (excludes halogenated alkanes) is 1. The van der Waals surface area contributed by atoms with Crippen LogP contribution >= 0.6 is 0 Å². The SMILES string of the molecule is CCNC(=NCC(C)(C)NS(C)(=O)=O)NCCCCOCC. The van der Waals surface area contributed by atoms with Gasteiger partial charge in [0, 0.05) is 31.8 Å². The Morgan fingerprint density at radius 3 is 2.41 bits per heavy atom. The van der Waals surface area contributed by atoms with E-state index in [4.69, 9.17) is 4.74 Å². The van der Waals surface area contributed by atoms with Crippen LogP contribution in [0.1, 0.15) is 40.5 Å². The molecule has 132 valence electrons. The van der Waals surface area contributed by atoms with Gasteiger partial charge in [-0.15, -0.1) is 0 Å². The molecule has 0 saturated carbocycles. The van der Waals surface area contributed by atoms with Gasteiger partial charge in [-0.1, -0.05) is 0 Å². The Hall–Kier alpha value is -0.860. The molecule has 0 spiro atoms. The summed E-state index contributed by atoms with van der Waals surface area (Å²) >= 11 is 0. The molecule has 0 rings (SSSR count). The fourth-order valence-corrected chi connectivity index (χ4v) is 2.90. The van der Waals surface area contributed by atoms with E-state index in [9.17, 15) is 8.42 Å². The second-order valence-corrected chi connectivity index (χ2v) is 7.53. The van der Waals surface area contributed by atoms with Gasteiger partial charge in [0.2, 0.25) is 10.0 Å². The normalized spacial score (nSPS) is 13.2. The quantitative estimate of drug-likeness (QED) is 0.293. The van der Waals surface area contributed by atoms with E-state index in [-0.39, 0.29) is 0 Å². The smallest absolute Gasteiger partial charge is 0.209 e. The number of nitrogens with zero attached hydrogens (tertiary/aromatic N) is 1. The van der Waals surface area contributed by atoms with Crippen LogP contribution in [0.3, 0.4) is 0 Å². The van der Waals surface area contributed by atoms with E-state index in [0.717, 1.165) is 45.4 Å². The van der Waals surface area contributed by atoms with Crippen molar-refractivity contribution < 1.29 is 13.2 Å². The van der Waals surface area contributed by atoms with Crippen molar-refractivity contribution in [2.24, 2.45) is 4.99 Å². The van der Waals surface area contributed by atoms with Crippen LogP contribution < -0.4 is 15.4 Å². The molecule has 0 radical (unpaired) electrons. The lowest BCUT2D eigenvalue weighted by atomic mass is 10.1. The molecule has 0 bridgehead atoms. The van der Waals surface area contributed by atoms with Crippen molar-refractivity contribution in [3.05, 3.63) is 0 Å². The highest BCUT2D eigenvalue weighted by atomic mass is 32.2. The molecule has 8 heteroatoms. The lowest BCUT2D eigenvalue weighted by Gasteiger charge is -2.23. The molecule has 0 aromatic carbocycles. The number of sulfonamides is 1. The Balaban J connectivity index is 4.30. The van der Waals surface area contributed by atoms with E-state index in [1.54, 1.807) is 0 Å². The van der Waals surface area contributed by atoms with Crippen LogP contribution in [0.15, 0.2) is 4.99 Å². The highest BCUT2D eigenvalue weighted by Gasteiger charge is 2.21. The zero-order chi connectivity index (χ0) is 17.1. The fraction of sp³-hybridized carbons (Fsp3) is 0.929. The third kappa shape index (κ3) is 12.8. The van der Waals surface area contributed by atoms with Crippen molar-refractivity contribution in [1.29, 1.82) is 0 Å². The van der Waals surface area contributed by atoms with E-state index < -0.39 is 15.6 Å². The second-order valence-electron chi connectivity index (χ2n) is 5.78. The van der Waals surface area contributed by atoms with Gasteiger partial charge < -0.3 is 15.4 Å². The first-order chi connectivity index (χ1) is 10.2. The lowest BCUT2D eigenvalue weighted by Crippen LogP contribution is -2.46. The summed E-state index contributed by atoms with van der Waals surface area (Å²) in [6, 6.07) is 0. The van der Waals surface area contributed by atoms with Crippen LogP contribution in [-0.2, 0) is 14.8 Å². The standard InChI is InChI=1S/C14H32N4O3S/c1-6-15-13(16-10-8-9-11-21-7-2)17-12-14(3,4)18-22(5,19)20/h18H,6-12H2,1-5H3,(H2,15,16,17). The van der Waals surface area contributed by atoms with Gasteiger partial charge in [-0.2, -0.15) is 0 Å². The molecule has 3 N–H and O–H groups in total. The molecule has 0 amide bonds. The third-order valence-corrected chi connectivity index (χ3v) is 3.57. The Bertz CT molecular complexity index is 422. The molecule has 0 aliphatic heterocycles. The Morgan fingerprint density at radius 2 is 1.86 bits per heavy atom. The van der Waals surface area contributed by atoms with Gasteiger partial charge in [0.15, 0.2) is 5.96 Å². The van der Waals surface area contributed by atoms with Crippen LogP contribution in [0.5, 0.6) is 0 Å². The first-order valence-electron chi connectivity index (χ1n) is 7.79. The molecular weight excluding hydrogens is 304 g/mol. The van der Waals surface area contributed by atoms with E-state index >= 15 is 0 Å². The van der Waals surface area contributed by atoms with Gasteiger partial charge in [0.25, 0.3) is 0 Å². The molecule has 22 heavy (non-hydrogen) atoms. The molecule has 0 unspecified atom stereocenters. The predicted molar refractivity (Wildman–Crippen MR) is 91.8 cm³/mol. The van der Waals surface area contributed by atoms with Crippen LogP contribution in [0.4, 0.5) is 0 Å². The number of hydrogen-bond acceptors (Lipinski definition) is 4. The van der Waals surface area contributed by atoms with E-state index in [2.05, 4.69) is 20.3 Å². The maximum atomic E-state index is 11.3. The van der Waals surface area contributed by atoms with Crippen molar-refractivity contribution in [2.45, 2.75) is 46.1 Å². The van der Waals surface area contributed by atoms with E-state index in [1.807, 2.05) is 27.7 Å². The summed E-state index contributed by atoms with van der Waals surface area (Å²) in [7, 11) is -3.25.